The predicted molar refractivity (Wildman–Crippen MR) is 66.0 cm³/mol. The van der Waals surface area contributed by atoms with Gasteiger partial charge in [0.05, 0.1) is 18.0 Å². The first kappa shape index (κ1) is 14.0. The Hall–Kier alpha value is -2.05. The number of aromatic nitrogens is 2. The Kier molecular flexibility index (Phi) is 4.70. The topological polar surface area (TPSA) is 99.2 Å². The lowest BCUT2D eigenvalue weighted by atomic mass is 10.3. The average Bonchev–Trinajstić information content (AvgIpc) is 2.63. The monoisotopic (exact) mass is 254 g/mol. The van der Waals surface area contributed by atoms with E-state index in [1.54, 1.807) is 13.8 Å². The number of nitrogens with zero attached hydrogens (tertiary/aromatic N) is 2. The van der Waals surface area contributed by atoms with Crippen LogP contribution in [0.3, 0.4) is 0 Å². The van der Waals surface area contributed by atoms with Gasteiger partial charge in [-0.2, -0.15) is 5.10 Å². The molecule has 3 N–H and O–H groups in total. The van der Waals surface area contributed by atoms with E-state index in [2.05, 4.69) is 10.4 Å². The molecular weight excluding hydrogens is 236 g/mol. The summed E-state index contributed by atoms with van der Waals surface area (Å²) in [5.41, 5.74) is 6.99. The first-order valence-corrected chi connectivity index (χ1v) is 5.77. The standard InChI is InChI=1S/C11H18N4O3/c1-4-15-10(9(12)7(3)14-15)11(17)13-6-8(16)18-5-2/h4-6,12H2,1-3H3,(H,13,17). The number of carbonyl (C=O) groups excluding carboxylic acids is 2. The third-order valence-corrected chi connectivity index (χ3v) is 2.39. The second kappa shape index (κ2) is 6.04. The largest absolute Gasteiger partial charge is 0.465 e. The van der Waals surface area contributed by atoms with Crippen LogP contribution in [0.4, 0.5) is 5.69 Å². The van der Waals surface area contributed by atoms with Gasteiger partial charge in [0.15, 0.2) is 0 Å². The van der Waals surface area contributed by atoms with E-state index >= 15 is 0 Å². The van der Waals surface area contributed by atoms with Gasteiger partial charge in [0.25, 0.3) is 5.91 Å². The molecule has 0 saturated heterocycles. The minimum Gasteiger partial charge on any atom is -0.465 e. The fraction of sp³-hybridized carbons (Fsp3) is 0.545. The number of nitrogen functional groups attached to an aromatic ring is 1. The molecule has 1 heterocycles. The van der Waals surface area contributed by atoms with Gasteiger partial charge in [0.2, 0.25) is 0 Å². The quantitative estimate of drug-likeness (QED) is 0.725. The van der Waals surface area contributed by atoms with Gasteiger partial charge in [-0.3, -0.25) is 14.3 Å². The molecule has 0 atom stereocenters. The highest BCUT2D eigenvalue weighted by Crippen LogP contribution is 2.15. The predicted octanol–water partition coefficient (Wildman–Crippen LogP) is 0.0865. The zero-order chi connectivity index (χ0) is 13.7. The van der Waals surface area contributed by atoms with Gasteiger partial charge < -0.3 is 15.8 Å². The Morgan fingerprint density at radius 3 is 2.67 bits per heavy atom. The molecule has 0 aliphatic carbocycles. The highest BCUT2D eigenvalue weighted by Gasteiger charge is 2.19. The summed E-state index contributed by atoms with van der Waals surface area (Å²) in [5.74, 6) is -0.910. The van der Waals surface area contributed by atoms with Crippen molar-refractivity contribution in [1.82, 2.24) is 15.1 Å². The summed E-state index contributed by atoms with van der Waals surface area (Å²) in [6, 6.07) is 0. The lowest BCUT2D eigenvalue weighted by molar-refractivity contribution is -0.141. The van der Waals surface area contributed by atoms with Crippen LogP contribution in [0.5, 0.6) is 0 Å². The van der Waals surface area contributed by atoms with Crippen LogP contribution in [0, 0.1) is 6.92 Å². The number of carbonyl (C=O) groups is 2. The Balaban J connectivity index is 2.75. The summed E-state index contributed by atoms with van der Waals surface area (Å²) in [4.78, 5) is 23.0. The molecule has 0 fully saturated rings. The summed E-state index contributed by atoms with van der Waals surface area (Å²) in [6.07, 6.45) is 0. The summed E-state index contributed by atoms with van der Waals surface area (Å²) in [5, 5.41) is 6.59. The van der Waals surface area contributed by atoms with Crippen LogP contribution < -0.4 is 11.1 Å². The summed E-state index contributed by atoms with van der Waals surface area (Å²) in [6.45, 7) is 5.91. The van der Waals surface area contributed by atoms with Crippen molar-refractivity contribution in [3.05, 3.63) is 11.4 Å². The number of nitrogens with two attached hydrogens (primary N) is 1. The van der Waals surface area contributed by atoms with Gasteiger partial charge in [-0.25, -0.2) is 0 Å². The van der Waals surface area contributed by atoms with Crippen molar-refractivity contribution in [2.75, 3.05) is 18.9 Å². The highest BCUT2D eigenvalue weighted by molar-refractivity contribution is 5.99. The molecule has 0 aliphatic heterocycles. The van der Waals surface area contributed by atoms with Crippen LogP contribution >= 0.6 is 0 Å². The fourth-order valence-electron chi connectivity index (χ4n) is 1.51. The molecule has 1 rings (SSSR count). The van der Waals surface area contributed by atoms with Crippen molar-refractivity contribution in [1.29, 1.82) is 0 Å². The number of esters is 1. The van der Waals surface area contributed by atoms with E-state index in [-0.39, 0.29) is 18.8 Å². The van der Waals surface area contributed by atoms with Crippen LogP contribution in [0.1, 0.15) is 30.0 Å². The molecule has 0 bridgehead atoms. The second-order valence-corrected chi connectivity index (χ2v) is 3.65. The van der Waals surface area contributed by atoms with Gasteiger partial charge in [0, 0.05) is 6.54 Å². The normalized spacial score (nSPS) is 10.2. The molecule has 0 aromatic carbocycles. The number of rotatable bonds is 5. The molecular formula is C11H18N4O3. The lowest BCUT2D eigenvalue weighted by Crippen LogP contribution is -2.32. The Morgan fingerprint density at radius 1 is 1.44 bits per heavy atom. The first-order valence-electron chi connectivity index (χ1n) is 5.77. The van der Waals surface area contributed by atoms with E-state index in [0.717, 1.165) is 0 Å². The van der Waals surface area contributed by atoms with Crippen molar-refractivity contribution in [2.45, 2.75) is 27.3 Å². The second-order valence-electron chi connectivity index (χ2n) is 3.65. The Bertz CT molecular complexity index is 453. The van der Waals surface area contributed by atoms with E-state index in [4.69, 9.17) is 10.5 Å². The van der Waals surface area contributed by atoms with Crippen molar-refractivity contribution in [3.8, 4) is 0 Å². The molecule has 0 unspecified atom stereocenters. The van der Waals surface area contributed by atoms with Crippen molar-refractivity contribution in [3.63, 3.8) is 0 Å². The molecule has 1 aromatic rings. The van der Waals surface area contributed by atoms with Crippen LogP contribution in [-0.2, 0) is 16.1 Å². The number of hydrogen-bond acceptors (Lipinski definition) is 5. The van der Waals surface area contributed by atoms with Gasteiger partial charge in [-0.05, 0) is 20.8 Å². The molecule has 100 valence electrons. The summed E-state index contributed by atoms with van der Waals surface area (Å²) in [7, 11) is 0. The van der Waals surface area contributed by atoms with E-state index in [0.29, 0.717) is 17.9 Å². The van der Waals surface area contributed by atoms with Crippen molar-refractivity contribution in [2.24, 2.45) is 0 Å². The number of hydrogen-bond donors (Lipinski definition) is 2. The maximum atomic E-state index is 11.9. The molecule has 0 aliphatic rings. The lowest BCUT2D eigenvalue weighted by Gasteiger charge is -2.07. The van der Waals surface area contributed by atoms with Gasteiger partial charge in [0.1, 0.15) is 12.2 Å². The number of ether oxygens (including phenoxy) is 1. The van der Waals surface area contributed by atoms with E-state index in [9.17, 15) is 9.59 Å². The summed E-state index contributed by atoms with van der Waals surface area (Å²) < 4.78 is 6.22. The molecule has 1 aromatic heterocycles. The van der Waals surface area contributed by atoms with Crippen LogP contribution in [0.15, 0.2) is 0 Å². The summed E-state index contributed by atoms with van der Waals surface area (Å²) >= 11 is 0. The first-order chi connectivity index (χ1) is 8.51. The fourth-order valence-corrected chi connectivity index (χ4v) is 1.51. The molecule has 7 heteroatoms. The third kappa shape index (κ3) is 2.99. The maximum Gasteiger partial charge on any atom is 0.325 e. The Labute approximate surface area is 105 Å². The molecule has 7 nitrogen and oxygen atoms in total. The zero-order valence-electron chi connectivity index (χ0n) is 10.8. The minimum absolute atomic E-state index is 0.181. The minimum atomic E-state index is -0.483. The van der Waals surface area contributed by atoms with Crippen molar-refractivity contribution < 1.29 is 14.3 Å². The SMILES string of the molecule is CCOC(=O)CNC(=O)c1c(N)c(C)nn1CC. The number of aryl methyl sites for hydroxylation is 2. The number of anilines is 1. The molecule has 0 radical (unpaired) electrons. The maximum absolute atomic E-state index is 11.9. The van der Waals surface area contributed by atoms with Crippen molar-refractivity contribution >= 4 is 17.6 Å². The van der Waals surface area contributed by atoms with E-state index < -0.39 is 11.9 Å². The smallest absolute Gasteiger partial charge is 0.325 e. The Morgan fingerprint density at radius 2 is 2.11 bits per heavy atom. The molecule has 0 saturated carbocycles. The van der Waals surface area contributed by atoms with Gasteiger partial charge >= 0.3 is 5.97 Å². The number of amides is 1. The molecule has 0 spiro atoms. The van der Waals surface area contributed by atoms with Gasteiger partial charge in [-0.15, -0.1) is 0 Å². The van der Waals surface area contributed by atoms with Crippen LogP contribution in [-0.4, -0.2) is 34.8 Å². The molecule has 18 heavy (non-hydrogen) atoms. The highest BCUT2D eigenvalue weighted by atomic mass is 16.5. The molecule has 1 amide bonds. The van der Waals surface area contributed by atoms with E-state index in [1.807, 2.05) is 6.92 Å². The van der Waals surface area contributed by atoms with Gasteiger partial charge in [-0.1, -0.05) is 0 Å². The van der Waals surface area contributed by atoms with Crippen LogP contribution in [0.2, 0.25) is 0 Å². The zero-order valence-corrected chi connectivity index (χ0v) is 10.8. The number of nitrogens with one attached hydrogen (secondary N) is 1. The van der Waals surface area contributed by atoms with E-state index in [1.165, 1.54) is 4.68 Å². The third-order valence-electron chi connectivity index (χ3n) is 2.39. The van der Waals surface area contributed by atoms with Crippen LogP contribution in [0.25, 0.3) is 0 Å². The average molecular weight is 254 g/mol.